The maximum Gasteiger partial charge on any atom is 0.224 e. The molecule has 0 aliphatic rings. The van der Waals surface area contributed by atoms with E-state index in [0.29, 0.717) is 41.1 Å². The Hall–Kier alpha value is -2.79. The number of anilines is 1. The molecule has 3 rings (SSSR count). The normalized spacial score (nSPS) is 10.5. The highest BCUT2D eigenvalue weighted by atomic mass is 35.5. The Labute approximate surface area is 157 Å². The Morgan fingerprint density at radius 1 is 1.19 bits per heavy atom. The number of benzene rings is 2. The van der Waals surface area contributed by atoms with Crippen LogP contribution in [0.3, 0.4) is 0 Å². The molecule has 0 atom stereocenters. The number of halogens is 1. The van der Waals surface area contributed by atoms with Gasteiger partial charge in [0.1, 0.15) is 5.75 Å². The van der Waals surface area contributed by atoms with Crippen molar-refractivity contribution in [2.75, 3.05) is 11.9 Å². The van der Waals surface area contributed by atoms with Crippen LogP contribution in [0.1, 0.15) is 19.2 Å². The molecule has 2 aromatic carbocycles. The fraction of sp³-hybridized carbons (Fsp3) is 0.200. The van der Waals surface area contributed by atoms with Crippen LogP contribution in [0, 0.1) is 0 Å². The number of nitrogens with one attached hydrogen (secondary N) is 1. The number of carbonyl (C=O) groups excluding carboxylic acids is 1. The van der Waals surface area contributed by atoms with E-state index in [0.717, 1.165) is 5.56 Å². The third-order valence-electron chi connectivity index (χ3n) is 3.72. The molecule has 6 heteroatoms. The topological polar surface area (TPSA) is 64.4 Å². The second-order valence-corrected chi connectivity index (χ2v) is 5.98. The number of ether oxygens (including phenoxy) is 1. The number of aryl methyl sites for hydroxylation is 1. The minimum Gasteiger partial charge on any atom is -0.492 e. The highest BCUT2D eigenvalue weighted by Crippen LogP contribution is 2.28. The number of aromatic nitrogens is 1. The molecule has 1 amide bonds. The Morgan fingerprint density at radius 2 is 1.96 bits per heavy atom. The molecular formula is C20H19ClN2O3. The third-order valence-corrected chi connectivity index (χ3v) is 4.05. The zero-order chi connectivity index (χ0) is 18.4. The lowest BCUT2D eigenvalue weighted by molar-refractivity contribution is -0.116. The first kappa shape index (κ1) is 18.0. The zero-order valence-electron chi connectivity index (χ0n) is 14.4. The lowest BCUT2D eigenvalue weighted by Crippen LogP contribution is -2.13. The summed E-state index contributed by atoms with van der Waals surface area (Å²) >= 11 is 6.16. The highest BCUT2D eigenvalue weighted by Gasteiger charge is 2.12. The van der Waals surface area contributed by atoms with Crippen LogP contribution >= 0.6 is 11.6 Å². The Morgan fingerprint density at radius 3 is 2.77 bits per heavy atom. The first-order chi connectivity index (χ1) is 12.7. The van der Waals surface area contributed by atoms with Gasteiger partial charge >= 0.3 is 0 Å². The molecule has 0 aliphatic carbocycles. The number of para-hydroxylation sites is 2. The molecule has 134 valence electrons. The molecule has 0 saturated carbocycles. The molecule has 0 fully saturated rings. The molecule has 0 bridgehead atoms. The van der Waals surface area contributed by atoms with E-state index in [1.165, 1.54) is 0 Å². The van der Waals surface area contributed by atoms with Gasteiger partial charge in [-0.2, -0.15) is 0 Å². The number of carbonyl (C=O) groups is 1. The van der Waals surface area contributed by atoms with Crippen molar-refractivity contribution in [3.8, 4) is 17.1 Å². The average Bonchev–Trinajstić information content (AvgIpc) is 3.11. The number of amides is 1. The zero-order valence-corrected chi connectivity index (χ0v) is 15.1. The van der Waals surface area contributed by atoms with Gasteiger partial charge in [0.15, 0.2) is 11.7 Å². The van der Waals surface area contributed by atoms with Crippen molar-refractivity contribution in [3.05, 3.63) is 65.6 Å². The number of oxazole rings is 1. The minimum atomic E-state index is -0.130. The van der Waals surface area contributed by atoms with E-state index < -0.39 is 0 Å². The van der Waals surface area contributed by atoms with Gasteiger partial charge in [0.05, 0.1) is 23.5 Å². The summed E-state index contributed by atoms with van der Waals surface area (Å²) < 4.78 is 11.2. The monoisotopic (exact) mass is 370 g/mol. The molecular weight excluding hydrogens is 352 g/mol. The average molecular weight is 371 g/mol. The molecule has 0 spiro atoms. The molecule has 1 heterocycles. The summed E-state index contributed by atoms with van der Waals surface area (Å²) in [6, 6.07) is 14.7. The Kier molecular flexibility index (Phi) is 5.92. The van der Waals surface area contributed by atoms with Crippen LogP contribution < -0.4 is 10.1 Å². The minimum absolute atomic E-state index is 0.130. The second-order valence-electron chi connectivity index (χ2n) is 5.58. The van der Waals surface area contributed by atoms with Crippen LogP contribution in [-0.4, -0.2) is 17.5 Å². The van der Waals surface area contributed by atoms with Gasteiger partial charge in [0, 0.05) is 18.4 Å². The van der Waals surface area contributed by atoms with Gasteiger partial charge in [-0.3, -0.25) is 4.79 Å². The lowest BCUT2D eigenvalue weighted by atomic mass is 10.2. The molecule has 5 nitrogen and oxygen atoms in total. The number of nitrogens with zero attached hydrogens (tertiary/aromatic N) is 1. The van der Waals surface area contributed by atoms with Gasteiger partial charge in [0.2, 0.25) is 5.91 Å². The van der Waals surface area contributed by atoms with E-state index in [-0.39, 0.29) is 12.3 Å². The van der Waals surface area contributed by atoms with Crippen LogP contribution in [0.15, 0.2) is 59.1 Å². The first-order valence-electron chi connectivity index (χ1n) is 8.38. The summed E-state index contributed by atoms with van der Waals surface area (Å²) in [7, 11) is 0. The van der Waals surface area contributed by atoms with Crippen molar-refractivity contribution in [2.24, 2.45) is 0 Å². The van der Waals surface area contributed by atoms with Crippen molar-refractivity contribution >= 4 is 23.2 Å². The molecule has 0 aliphatic heterocycles. The third kappa shape index (κ3) is 4.43. The van der Waals surface area contributed by atoms with Crippen molar-refractivity contribution in [1.29, 1.82) is 0 Å². The Balaban J connectivity index is 1.60. The van der Waals surface area contributed by atoms with Crippen LogP contribution in [0.2, 0.25) is 5.02 Å². The highest BCUT2D eigenvalue weighted by molar-refractivity contribution is 6.33. The summed E-state index contributed by atoms with van der Waals surface area (Å²) in [5, 5.41) is 3.46. The van der Waals surface area contributed by atoms with E-state index in [9.17, 15) is 4.79 Å². The summed E-state index contributed by atoms with van der Waals surface area (Å²) in [4.78, 5) is 16.4. The predicted octanol–water partition coefficient (Wildman–Crippen LogP) is 4.97. The van der Waals surface area contributed by atoms with Gasteiger partial charge in [0.25, 0.3) is 0 Å². The number of hydrogen-bond acceptors (Lipinski definition) is 4. The lowest BCUT2D eigenvalue weighted by Gasteiger charge is -2.10. The van der Waals surface area contributed by atoms with Crippen LogP contribution in [0.4, 0.5) is 5.69 Å². The fourth-order valence-electron chi connectivity index (χ4n) is 2.50. The number of rotatable bonds is 7. The van der Waals surface area contributed by atoms with Gasteiger partial charge in [-0.15, -0.1) is 0 Å². The van der Waals surface area contributed by atoms with Crippen molar-refractivity contribution in [1.82, 2.24) is 4.98 Å². The van der Waals surface area contributed by atoms with E-state index in [1.807, 2.05) is 49.4 Å². The molecule has 0 radical (unpaired) electrons. The standard InChI is InChI=1S/C20H19ClN2O3/c1-2-25-17-10-6-5-9-16(17)23-19(24)11-12-20-22-13-18(26-20)14-7-3-4-8-15(14)21/h3-10,13H,2,11-12H2,1H3,(H,23,24). The van der Waals surface area contributed by atoms with Crippen LogP contribution in [-0.2, 0) is 11.2 Å². The summed E-state index contributed by atoms with van der Waals surface area (Å²) in [6.07, 6.45) is 2.27. The summed E-state index contributed by atoms with van der Waals surface area (Å²) in [5.74, 6) is 1.61. The second kappa shape index (κ2) is 8.54. The molecule has 1 aromatic heterocycles. The summed E-state index contributed by atoms with van der Waals surface area (Å²) in [5.41, 5.74) is 1.44. The maximum atomic E-state index is 12.2. The van der Waals surface area contributed by atoms with Crippen LogP contribution in [0.5, 0.6) is 5.75 Å². The van der Waals surface area contributed by atoms with Gasteiger partial charge in [-0.05, 0) is 31.2 Å². The molecule has 0 saturated heterocycles. The van der Waals surface area contributed by atoms with Crippen molar-refractivity contribution in [2.45, 2.75) is 19.8 Å². The maximum absolute atomic E-state index is 12.2. The van der Waals surface area contributed by atoms with E-state index in [1.54, 1.807) is 12.3 Å². The number of hydrogen-bond donors (Lipinski definition) is 1. The molecule has 3 aromatic rings. The molecule has 26 heavy (non-hydrogen) atoms. The summed E-state index contributed by atoms with van der Waals surface area (Å²) in [6.45, 7) is 2.44. The molecule has 1 N–H and O–H groups in total. The smallest absolute Gasteiger partial charge is 0.224 e. The first-order valence-corrected chi connectivity index (χ1v) is 8.76. The fourth-order valence-corrected chi connectivity index (χ4v) is 2.72. The Bertz CT molecular complexity index is 892. The SMILES string of the molecule is CCOc1ccccc1NC(=O)CCc1ncc(-c2ccccc2Cl)o1. The predicted molar refractivity (Wildman–Crippen MR) is 102 cm³/mol. The van der Waals surface area contributed by atoms with E-state index >= 15 is 0 Å². The van der Waals surface area contributed by atoms with Gasteiger partial charge in [-0.25, -0.2) is 4.98 Å². The van der Waals surface area contributed by atoms with Crippen molar-refractivity contribution in [3.63, 3.8) is 0 Å². The van der Waals surface area contributed by atoms with Crippen molar-refractivity contribution < 1.29 is 13.9 Å². The largest absolute Gasteiger partial charge is 0.492 e. The van der Waals surface area contributed by atoms with E-state index in [4.69, 9.17) is 20.8 Å². The van der Waals surface area contributed by atoms with Gasteiger partial charge < -0.3 is 14.5 Å². The van der Waals surface area contributed by atoms with Crippen LogP contribution in [0.25, 0.3) is 11.3 Å². The van der Waals surface area contributed by atoms with Gasteiger partial charge in [-0.1, -0.05) is 35.9 Å². The quantitative estimate of drug-likeness (QED) is 0.638. The van der Waals surface area contributed by atoms with E-state index in [2.05, 4.69) is 10.3 Å². The molecule has 0 unspecified atom stereocenters.